The van der Waals surface area contributed by atoms with E-state index in [1.165, 1.54) is 97.8 Å². The molecule has 9 heteroatoms. The number of methoxy groups -OCH3 is 3. The average Bonchev–Trinajstić information content (AvgIpc) is 4.11. The summed E-state index contributed by atoms with van der Waals surface area (Å²) in [4.78, 5) is 7.75. The predicted molar refractivity (Wildman–Crippen MR) is 304 cm³/mol. The number of hydrogen-bond acceptors (Lipinski definition) is 9. The molecule has 2 fully saturated rings. The van der Waals surface area contributed by atoms with Gasteiger partial charge in [-0.2, -0.15) is 0 Å². The first-order valence-electron chi connectivity index (χ1n) is 27.6. The van der Waals surface area contributed by atoms with Gasteiger partial charge in [0.15, 0.2) is 0 Å². The molecule has 6 aromatic rings. The highest BCUT2D eigenvalue weighted by molar-refractivity contribution is 5.32. The summed E-state index contributed by atoms with van der Waals surface area (Å²) in [5.41, 5.74) is 7.84. The Labute approximate surface area is 444 Å². The second kappa shape index (κ2) is 32.3. The summed E-state index contributed by atoms with van der Waals surface area (Å²) in [5, 5.41) is 28.2. The summed E-state index contributed by atoms with van der Waals surface area (Å²) in [7, 11) is 5.16. The molecule has 0 heterocycles. The summed E-state index contributed by atoms with van der Waals surface area (Å²) in [6.45, 7) is 12.2. The molecule has 8 rings (SSSR count). The van der Waals surface area contributed by atoms with Crippen LogP contribution in [0.4, 0.5) is 0 Å². The van der Waals surface area contributed by atoms with Crippen molar-refractivity contribution in [2.45, 2.75) is 96.8 Å². The largest absolute Gasteiger partial charge is 0.508 e. The average molecular weight is 1010 g/mol. The lowest BCUT2D eigenvalue weighted by molar-refractivity contribution is 0.236. The van der Waals surface area contributed by atoms with Crippen molar-refractivity contribution in [3.05, 3.63) is 179 Å². The van der Waals surface area contributed by atoms with Crippen LogP contribution in [0.5, 0.6) is 34.5 Å². The van der Waals surface area contributed by atoms with E-state index in [-0.39, 0.29) is 0 Å². The summed E-state index contributed by atoms with van der Waals surface area (Å²) in [6.07, 6.45) is 17.0. The number of ether oxygens (including phenoxy) is 3. The van der Waals surface area contributed by atoms with Gasteiger partial charge in [0.05, 0.1) is 21.3 Å². The van der Waals surface area contributed by atoms with Gasteiger partial charge in [0.2, 0.25) is 0 Å². The van der Waals surface area contributed by atoms with Crippen molar-refractivity contribution in [3.8, 4) is 34.5 Å². The van der Waals surface area contributed by atoms with Crippen LogP contribution in [-0.4, -0.2) is 110 Å². The van der Waals surface area contributed by atoms with Crippen LogP contribution in [0, 0.1) is 11.8 Å². The highest BCUT2D eigenvalue weighted by Gasteiger charge is 2.24. The first-order valence-corrected chi connectivity index (χ1v) is 27.6. The van der Waals surface area contributed by atoms with Gasteiger partial charge >= 0.3 is 0 Å². The van der Waals surface area contributed by atoms with Gasteiger partial charge in [0, 0.05) is 52.4 Å². The monoisotopic (exact) mass is 1010 g/mol. The summed E-state index contributed by atoms with van der Waals surface area (Å²) in [6, 6.07) is 47.9. The number of hydrogen-bond donors (Lipinski definition) is 3. The number of nitrogens with zero attached hydrogens (tertiary/aromatic N) is 3. The molecule has 2 aliphatic rings. The van der Waals surface area contributed by atoms with Crippen LogP contribution in [0.15, 0.2) is 146 Å². The Hall–Kier alpha value is -6.00. The molecule has 2 aliphatic carbocycles. The number of benzene rings is 6. The number of phenolic OH excluding ortho intramolecular Hbond substituents is 3. The second-order valence-corrected chi connectivity index (χ2v) is 20.4. The molecule has 0 unspecified atom stereocenters. The normalized spacial score (nSPS) is 13.3. The van der Waals surface area contributed by atoms with Gasteiger partial charge in [-0.15, -0.1) is 0 Å². The van der Waals surface area contributed by atoms with Gasteiger partial charge in [-0.25, -0.2) is 0 Å². The fourth-order valence-electron chi connectivity index (χ4n) is 9.72. The van der Waals surface area contributed by atoms with Crippen LogP contribution in [-0.2, 0) is 38.5 Å². The van der Waals surface area contributed by atoms with Crippen molar-refractivity contribution < 1.29 is 29.5 Å². The Morgan fingerprint density at radius 1 is 0.378 bits per heavy atom. The fraction of sp³-hybridized carbons (Fsp3) is 0.446. The van der Waals surface area contributed by atoms with Gasteiger partial charge in [-0.05, 0) is 195 Å². The van der Waals surface area contributed by atoms with Crippen molar-refractivity contribution >= 4 is 0 Å². The zero-order valence-electron chi connectivity index (χ0n) is 45.2. The fourth-order valence-corrected chi connectivity index (χ4v) is 9.72. The predicted octanol–water partition coefficient (Wildman–Crippen LogP) is 12.9. The van der Waals surface area contributed by atoms with Crippen LogP contribution in [0.1, 0.15) is 91.7 Å². The molecule has 3 N–H and O–H groups in total. The van der Waals surface area contributed by atoms with E-state index in [0.717, 1.165) is 113 Å². The molecule has 0 spiro atoms. The third kappa shape index (κ3) is 22.2. The molecule has 0 aromatic heterocycles. The Morgan fingerprint density at radius 2 is 0.689 bits per heavy atom. The minimum Gasteiger partial charge on any atom is -0.508 e. The Balaban J connectivity index is 0.000000181. The molecule has 0 amide bonds. The molecule has 0 bridgehead atoms. The van der Waals surface area contributed by atoms with Crippen molar-refractivity contribution in [1.29, 1.82) is 0 Å². The van der Waals surface area contributed by atoms with Gasteiger partial charge in [0.25, 0.3) is 0 Å². The molecule has 9 nitrogen and oxygen atoms in total. The number of aromatic hydroxyl groups is 3. The molecule has 0 atom stereocenters. The molecule has 398 valence electrons. The Morgan fingerprint density at radius 3 is 1.00 bits per heavy atom. The van der Waals surface area contributed by atoms with E-state index in [4.69, 9.17) is 14.2 Å². The van der Waals surface area contributed by atoms with E-state index >= 15 is 0 Å². The van der Waals surface area contributed by atoms with E-state index < -0.39 is 0 Å². The van der Waals surface area contributed by atoms with Crippen molar-refractivity contribution in [2.75, 3.05) is 80.2 Å². The maximum atomic E-state index is 9.46. The minimum absolute atomic E-state index is 0.333. The Kier molecular flexibility index (Phi) is 25.0. The quantitative estimate of drug-likeness (QED) is 0.0444. The molecular formula is C65H87N3O6. The van der Waals surface area contributed by atoms with Crippen LogP contribution < -0.4 is 14.2 Å². The van der Waals surface area contributed by atoms with Crippen molar-refractivity contribution in [1.82, 2.24) is 14.7 Å². The SMILES string of the molecule is CCCCN(CCc1ccc(O)cc1)CCc1cccc(OC)c1.COc1cccc(CCN(CCc2ccc(O)cc2)CC2CC2)c1.COc1cccc(CCN(CCc2ccc(O)cc2)CC2CCCC2)c1. The van der Waals surface area contributed by atoms with Crippen LogP contribution >= 0.6 is 0 Å². The van der Waals surface area contributed by atoms with Gasteiger partial charge in [0.1, 0.15) is 34.5 Å². The third-order valence-electron chi connectivity index (χ3n) is 14.5. The number of rotatable bonds is 28. The zero-order valence-corrected chi connectivity index (χ0v) is 45.2. The summed E-state index contributed by atoms with van der Waals surface area (Å²) < 4.78 is 16.0. The number of phenols is 3. The van der Waals surface area contributed by atoms with Crippen molar-refractivity contribution in [2.24, 2.45) is 11.8 Å². The van der Waals surface area contributed by atoms with Gasteiger partial charge in [-0.1, -0.05) is 99.0 Å². The van der Waals surface area contributed by atoms with Crippen LogP contribution in [0.3, 0.4) is 0 Å². The summed E-state index contributed by atoms with van der Waals surface area (Å²) >= 11 is 0. The third-order valence-corrected chi connectivity index (χ3v) is 14.5. The molecule has 74 heavy (non-hydrogen) atoms. The van der Waals surface area contributed by atoms with Crippen LogP contribution in [0.2, 0.25) is 0 Å². The van der Waals surface area contributed by atoms with E-state index in [1.54, 1.807) is 57.7 Å². The first kappa shape index (κ1) is 57.3. The maximum absolute atomic E-state index is 9.46. The zero-order chi connectivity index (χ0) is 52.2. The van der Waals surface area contributed by atoms with E-state index in [0.29, 0.717) is 17.2 Å². The standard InChI is InChI=1S/C23H31NO2.C21H27NO2.C21H29NO2/c1-26-23-8-4-7-20(17-23)14-16-24(18-21-5-2-3-6-21)15-13-19-9-11-22(25)12-10-19;1-24-21-4-2-3-18(15-21)12-14-22(16-19-5-6-19)13-11-17-7-9-20(23)10-8-17;1-3-4-14-22(15-12-18-8-10-20(23)11-9-18)16-13-19-6-5-7-21(17-19)24-2/h4,7-12,17,21,25H,2-3,5-6,13-16,18H2,1H3;2-4,7-10,15,19,23H,5-6,11-14,16H2,1H3;5-11,17,23H,3-4,12-16H2,1-2H3. The lowest BCUT2D eigenvalue weighted by Gasteiger charge is -2.25. The maximum Gasteiger partial charge on any atom is 0.119 e. The topological polar surface area (TPSA) is 98.1 Å². The molecule has 0 saturated heterocycles. The van der Waals surface area contributed by atoms with Gasteiger partial charge in [-0.3, -0.25) is 0 Å². The van der Waals surface area contributed by atoms with E-state index in [9.17, 15) is 15.3 Å². The van der Waals surface area contributed by atoms with Gasteiger partial charge < -0.3 is 44.2 Å². The molecular weight excluding hydrogens is 919 g/mol. The molecule has 0 radical (unpaired) electrons. The lowest BCUT2D eigenvalue weighted by atomic mass is 10.1. The van der Waals surface area contributed by atoms with Crippen molar-refractivity contribution in [3.63, 3.8) is 0 Å². The molecule has 2 saturated carbocycles. The second-order valence-electron chi connectivity index (χ2n) is 20.4. The first-order chi connectivity index (χ1) is 36.2. The number of unbranched alkanes of at least 4 members (excludes halogenated alkanes) is 1. The lowest BCUT2D eigenvalue weighted by Crippen LogP contribution is -2.32. The highest BCUT2D eigenvalue weighted by Crippen LogP contribution is 2.30. The Bertz CT molecular complexity index is 2440. The van der Waals surface area contributed by atoms with E-state index in [2.05, 4.69) is 76.2 Å². The van der Waals surface area contributed by atoms with E-state index in [1.807, 2.05) is 54.6 Å². The highest BCUT2D eigenvalue weighted by atomic mass is 16.5. The molecule has 0 aliphatic heterocycles. The minimum atomic E-state index is 0.333. The summed E-state index contributed by atoms with van der Waals surface area (Å²) in [5.74, 6) is 5.58. The smallest absolute Gasteiger partial charge is 0.119 e. The van der Waals surface area contributed by atoms with Crippen LogP contribution in [0.25, 0.3) is 0 Å². The molecule has 6 aromatic carbocycles.